The Morgan fingerprint density at radius 2 is 2.18 bits per heavy atom. The first kappa shape index (κ1) is 12.6. The van der Waals surface area contributed by atoms with Crippen LogP contribution in [0.25, 0.3) is 0 Å². The maximum atomic E-state index is 10.4. The largest absolute Gasteiger partial charge is 0.388 e. The Hall–Kier alpha value is -0.830. The molecule has 96 valence electrons. The summed E-state index contributed by atoms with van der Waals surface area (Å²) in [4.78, 5) is 0. The number of aliphatic hydroxyl groups is 1. The monoisotopic (exact) mass is 236 g/mol. The lowest BCUT2D eigenvalue weighted by Gasteiger charge is -2.29. The van der Waals surface area contributed by atoms with Gasteiger partial charge in [0.15, 0.2) is 0 Å². The molecule has 3 atom stereocenters. The lowest BCUT2D eigenvalue weighted by Crippen LogP contribution is -2.20. The number of hydrogen-bond donors (Lipinski definition) is 1. The van der Waals surface area contributed by atoms with Crippen LogP contribution < -0.4 is 0 Å². The first-order valence-electron chi connectivity index (χ1n) is 6.80. The summed E-state index contributed by atoms with van der Waals surface area (Å²) in [5, 5.41) is 14.7. The zero-order chi connectivity index (χ0) is 12.4. The van der Waals surface area contributed by atoms with Gasteiger partial charge in [0.05, 0.1) is 12.3 Å². The summed E-state index contributed by atoms with van der Waals surface area (Å²) in [5.41, 5.74) is 0.984. The van der Waals surface area contributed by atoms with E-state index in [1.165, 1.54) is 12.8 Å². The van der Waals surface area contributed by atoms with Crippen molar-refractivity contribution in [2.75, 3.05) is 0 Å². The molecule has 3 unspecified atom stereocenters. The van der Waals surface area contributed by atoms with Crippen LogP contribution in [0.3, 0.4) is 0 Å². The fourth-order valence-electron chi connectivity index (χ4n) is 2.83. The van der Waals surface area contributed by atoms with Crippen LogP contribution in [0.15, 0.2) is 12.4 Å². The Morgan fingerprint density at radius 3 is 2.76 bits per heavy atom. The molecule has 3 heteroatoms. The van der Waals surface area contributed by atoms with Gasteiger partial charge < -0.3 is 5.11 Å². The molecule has 1 aromatic heterocycles. The summed E-state index contributed by atoms with van der Waals surface area (Å²) in [6.45, 7) is 6.49. The molecule has 3 nitrogen and oxygen atoms in total. The van der Waals surface area contributed by atoms with E-state index in [9.17, 15) is 5.11 Å². The predicted molar refractivity (Wildman–Crippen MR) is 68.7 cm³/mol. The van der Waals surface area contributed by atoms with E-state index in [2.05, 4.69) is 25.9 Å². The quantitative estimate of drug-likeness (QED) is 0.874. The zero-order valence-electron chi connectivity index (χ0n) is 11.1. The van der Waals surface area contributed by atoms with Gasteiger partial charge in [-0.05, 0) is 38.5 Å². The second kappa shape index (κ2) is 5.21. The Kier molecular flexibility index (Phi) is 3.87. The molecule has 1 aliphatic rings. The average Bonchev–Trinajstić information content (AvgIpc) is 2.77. The maximum absolute atomic E-state index is 10.4. The molecule has 17 heavy (non-hydrogen) atoms. The standard InChI is InChI=1S/C14H24N2O/c1-10(2)16-9-13(8-15-16)14(17)12-6-4-5-11(3)7-12/h8-12,14,17H,4-7H2,1-3H3. The van der Waals surface area contributed by atoms with Crippen molar-refractivity contribution in [3.05, 3.63) is 18.0 Å². The highest BCUT2D eigenvalue weighted by molar-refractivity contribution is 5.10. The normalized spacial score (nSPS) is 27.4. The highest BCUT2D eigenvalue weighted by Crippen LogP contribution is 2.36. The third-order valence-corrected chi connectivity index (χ3v) is 3.92. The van der Waals surface area contributed by atoms with Gasteiger partial charge in [-0.2, -0.15) is 5.10 Å². The second-order valence-corrected chi connectivity index (χ2v) is 5.82. The summed E-state index contributed by atoms with van der Waals surface area (Å²) in [6, 6.07) is 0.362. The van der Waals surface area contributed by atoms with Crippen molar-refractivity contribution in [2.24, 2.45) is 11.8 Å². The SMILES string of the molecule is CC1CCCC(C(O)c2cnn(C(C)C)c2)C1. The van der Waals surface area contributed by atoms with Crippen molar-refractivity contribution in [3.8, 4) is 0 Å². The van der Waals surface area contributed by atoms with Crippen molar-refractivity contribution in [1.29, 1.82) is 0 Å². The summed E-state index contributed by atoms with van der Waals surface area (Å²) >= 11 is 0. The zero-order valence-corrected chi connectivity index (χ0v) is 11.1. The van der Waals surface area contributed by atoms with E-state index in [0.29, 0.717) is 12.0 Å². The maximum Gasteiger partial charge on any atom is 0.0848 e. The van der Waals surface area contributed by atoms with Gasteiger partial charge in [-0.15, -0.1) is 0 Å². The second-order valence-electron chi connectivity index (χ2n) is 5.82. The van der Waals surface area contributed by atoms with Crippen molar-refractivity contribution in [2.45, 2.75) is 58.6 Å². The van der Waals surface area contributed by atoms with Crippen LogP contribution in [0, 0.1) is 11.8 Å². The predicted octanol–water partition coefficient (Wildman–Crippen LogP) is 3.32. The molecule has 2 rings (SSSR count). The Labute approximate surface area is 104 Å². The van der Waals surface area contributed by atoms with Gasteiger partial charge >= 0.3 is 0 Å². The molecule has 1 aromatic rings. The third-order valence-electron chi connectivity index (χ3n) is 3.92. The highest BCUT2D eigenvalue weighted by Gasteiger charge is 2.27. The molecule has 1 saturated carbocycles. The topological polar surface area (TPSA) is 38.1 Å². The molecule has 0 saturated heterocycles. The molecule has 1 fully saturated rings. The molecule has 0 radical (unpaired) electrons. The van der Waals surface area contributed by atoms with E-state index in [-0.39, 0.29) is 6.10 Å². The van der Waals surface area contributed by atoms with Crippen LogP contribution in [0.4, 0.5) is 0 Å². The van der Waals surface area contributed by atoms with Crippen LogP contribution >= 0.6 is 0 Å². The van der Waals surface area contributed by atoms with Gasteiger partial charge in [0.1, 0.15) is 0 Å². The molecule has 0 spiro atoms. The minimum atomic E-state index is -0.328. The molecule has 1 N–H and O–H groups in total. The Morgan fingerprint density at radius 1 is 1.41 bits per heavy atom. The smallest absolute Gasteiger partial charge is 0.0848 e. The molecule has 1 aliphatic carbocycles. The summed E-state index contributed by atoms with van der Waals surface area (Å²) in [5.74, 6) is 1.17. The Bertz CT molecular complexity index is 359. The van der Waals surface area contributed by atoms with E-state index in [4.69, 9.17) is 0 Å². The number of aromatic nitrogens is 2. The third kappa shape index (κ3) is 2.89. The van der Waals surface area contributed by atoms with Crippen molar-refractivity contribution >= 4 is 0 Å². The minimum Gasteiger partial charge on any atom is -0.388 e. The fourth-order valence-corrected chi connectivity index (χ4v) is 2.83. The summed E-state index contributed by atoms with van der Waals surface area (Å²) < 4.78 is 1.92. The number of nitrogens with zero attached hydrogens (tertiary/aromatic N) is 2. The van der Waals surface area contributed by atoms with Gasteiger partial charge in [0.2, 0.25) is 0 Å². The number of aliphatic hydroxyl groups excluding tert-OH is 1. The first-order valence-corrected chi connectivity index (χ1v) is 6.80. The van der Waals surface area contributed by atoms with Crippen LogP contribution in [-0.2, 0) is 0 Å². The average molecular weight is 236 g/mol. The van der Waals surface area contributed by atoms with E-state index < -0.39 is 0 Å². The van der Waals surface area contributed by atoms with Gasteiger partial charge in [0.25, 0.3) is 0 Å². The van der Waals surface area contributed by atoms with Crippen molar-refractivity contribution in [1.82, 2.24) is 9.78 Å². The van der Waals surface area contributed by atoms with Gasteiger partial charge in [-0.3, -0.25) is 4.68 Å². The molecule has 0 bridgehead atoms. The van der Waals surface area contributed by atoms with Crippen LogP contribution in [0.5, 0.6) is 0 Å². The summed E-state index contributed by atoms with van der Waals surface area (Å²) in [7, 11) is 0. The fraction of sp³-hybridized carbons (Fsp3) is 0.786. The van der Waals surface area contributed by atoms with Crippen LogP contribution in [-0.4, -0.2) is 14.9 Å². The first-order chi connectivity index (χ1) is 8.08. The van der Waals surface area contributed by atoms with E-state index >= 15 is 0 Å². The van der Waals surface area contributed by atoms with E-state index in [1.807, 2.05) is 17.1 Å². The van der Waals surface area contributed by atoms with Crippen LogP contribution in [0.2, 0.25) is 0 Å². The van der Waals surface area contributed by atoms with Gasteiger partial charge in [0, 0.05) is 17.8 Å². The van der Waals surface area contributed by atoms with Crippen molar-refractivity contribution in [3.63, 3.8) is 0 Å². The van der Waals surface area contributed by atoms with Crippen LogP contribution in [0.1, 0.15) is 64.2 Å². The van der Waals surface area contributed by atoms with Gasteiger partial charge in [-0.1, -0.05) is 19.8 Å². The van der Waals surface area contributed by atoms with Crippen molar-refractivity contribution < 1.29 is 5.11 Å². The number of rotatable bonds is 3. The van der Waals surface area contributed by atoms with E-state index in [0.717, 1.165) is 24.3 Å². The molecule has 0 aliphatic heterocycles. The summed E-state index contributed by atoms with van der Waals surface area (Å²) in [6.07, 6.45) is 8.35. The number of hydrogen-bond acceptors (Lipinski definition) is 2. The van der Waals surface area contributed by atoms with E-state index in [1.54, 1.807) is 0 Å². The lowest BCUT2D eigenvalue weighted by molar-refractivity contribution is 0.0713. The highest BCUT2D eigenvalue weighted by atomic mass is 16.3. The van der Waals surface area contributed by atoms with Gasteiger partial charge in [-0.25, -0.2) is 0 Å². The molecule has 0 aromatic carbocycles. The molecule has 0 amide bonds. The Balaban J connectivity index is 2.04. The molecule has 1 heterocycles. The lowest BCUT2D eigenvalue weighted by atomic mass is 9.78. The minimum absolute atomic E-state index is 0.328. The molecular weight excluding hydrogens is 212 g/mol. The molecular formula is C14H24N2O.